The van der Waals surface area contributed by atoms with Crippen molar-refractivity contribution >= 4 is 28.6 Å². The van der Waals surface area contributed by atoms with Crippen molar-refractivity contribution < 1.29 is 27.9 Å². The fourth-order valence-electron chi connectivity index (χ4n) is 3.57. The quantitative estimate of drug-likeness (QED) is 0.465. The average molecular weight is 518 g/mol. The first-order chi connectivity index (χ1) is 17.4. The molecule has 0 radical (unpaired) electrons. The Hall–Kier alpha value is -3.48. The van der Waals surface area contributed by atoms with Gasteiger partial charge in [-0.25, -0.2) is 19.0 Å². The third kappa shape index (κ3) is 7.26. The van der Waals surface area contributed by atoms with Gasteiger partial charge in [-0.15, -0.1) is 11.3 Å². The van der Waals surface area contributed by atoms with E-state index in [4.69, 9.17) is 13.9 Å². The van der Waals surface area contributed by atoms with Gasteiger partial charge in [0, 0.05) is 38.1 Å². The average Bonchev–Trinajstić information content (AvgIpc) is 3.43. The number of carbonyl (C=O) groups excluding carboxylic acids is 2. The van der Waals surface area contributed by atoms with Gasteiger partial charge < -0.3 is 24.1 Å². The molecule has 36 heavy (non-hydrogen) atoms. The third-order valence-corrected chi connectivity index (χ3v) is 6.24. The summed E-state index contributed by atoms with van der Waals surface area (Å²) in [5.41, 5.74) is 1.24. The van der Waals surface area contributed by atoms with E-state index in [-0.39, 0.29) is 18.9 Å². The lowest BCUT2D eigenvalue weighted by atomic mass is 10.2. The van der Waals surface area contributed by atoms with E-state index in [9.17, 15) is 14.0 Å². The zero-order valence-corrected chi connectivity index (χ0v) is 20.9. The van der Waals surface area contributed by atoms with Gasteiger partial charge in [-0.1, -0.05) is 12.1 Å². The first-order valence-corrected chi connectivity index (χ1v) is 12.3. The second-order valence-corrected chi connectivity index (χ2v) is 9.19. The van der Waals surface area contributed by atoms with Gasteiger partial charge in [0.25, 0.3) is 0 Å². The summed E-state index contributed by atoms with van der Waals surface area (Å²) in [5.74, 6) is 1.28. The molecule has 1 fully saturated rings. The van der Waals surface area contributed by atoms with Gasteiger partial charge in [-0.3, -0.25) is 10.2 Å². The molecule has 2 N–H and O–H groups in total. The summed E-state index contributed by atoms with van der Waals surface area (Å²) in [7, 11) is 1.60. The van der Waals surface area contributed by atoms with Crippen LogP contribution in [0.1, 0.15) is 22.8 Å². The van der Waals surface area contributed by atoms with Gasteiger partial charge in [0.1, 0.15) is 17.3 Å². The van der Waals surface area contributed by atoms with Gasteiger partial charge in [0.2, 0.25) is 0 Å². The summed E-state index contributed by atoms with van der Waals surface area (Å²) in [5, 5.41) is 7.41. The van der Waals surface area contributed by atoms with Crippen LogP contribution in [0.3, 0.4) is 0 Å². The third-order valence-electron chi connectivity index (χ3n) is 5.43. The number of hydrogen-bond donors (Lipinski definition) is 2. The molecule has 3 aromatic rings. The Morgan fingerprint density at radius 1 is 1.28 bits per heavy atom. The zero-order valence-electron chi connectivity index (χ0n) is 20.1. The Bertz CT molecular complexity index is 1190. The minimum absolute atomic E-state index is 0.179. The fraction of sp³-hybridized carbons (Fsp3) is 0.375. The number of furan rings is 1. The highest BCUT2D eigenvalue weighted by Gasteiger charge is 2.19. The molecule has 1 aliphatic rings. The number of morpholine rings is 1. The SMILES string of the molecule is Cc1oc(CN2CCOCC2)cc1OC(=O)N(C)Cc1csc(NC(=O)NCc2cccc(F)c2)n1. The van der Waals surface area contributed by atoms with Crippen LogP contribution in [0.5, 0.6) is 5.75 Å². The Balaban J connectivity index is 1.24. The standard InChI is InChI=1S/C24H28FN5O5S/c1-16-21(11-20(34-16)14-30-6-8-33-9-7-30)35-24(32)29(2)13-19-15-36-23(27-19)28-22(31)26-12-17-4-3-5-18(25)10-17/h3-5,10-11,15H,6-9,12-14H2,1-2H3,(H2,26,27,28,31). The zero-order chi connectivity index (χ0) is 25.5. The number of urea groups is 1. The number of halogens is 1. The normalized spacial score (nSPS) is 13.9. The summed E-state index contributed by atoms with van der Waals surface area (Å²) in [4.78, 5) is 32.7. The predicted octanol–water partition coefficient (Wildman–Crippen LogP) is 3.97. The number of nitrogens with zero attached hydrogens (tertiary/aromatic N) is 3. The maximum absolute atomic E-state index is 13.2. The van der Waals surface area contributed by atoms with Crippen LogP contribution in [-0.4, -0.2) is 60.3 Å². The molecule has 1 saturated heterocycles. The van der Waals surface area contributed by atoms with Crippen molar-refractivity contribution in [2.24, 2.45) is 0 Å². The van der Waals surface area contributed by atoms with Crippen LogP contribution in [0.15, 0.2) is 40.1 Å². The first-order valence-electron chi connectivity index (χ1n) is 11.4. The highest BCUT2D eigenvalue weighted by Crippen LogP contribution is 2.25. The minimum atomic E-state index is -0.549. The highest BCUT2D eigenvalue weighted by atomic mass is 32.1. The maximum atomic E-state index is 13.2. The second-order valence-electron chi connectivity index (χ2n) is 8.33. The van der Waals surface area contributed by atoms with Gasteiger partial charge >= 0.3 is 12.1 Å². The van der Waals surface area contributed by atoms with Crippen LogP contribution in [0.25, 0.3) is 0 Å². The highest BCUT2D eigenvalue weighted by molar-refractivity contribution is 7.13. The minimum Gasteiger partial charge on any atom is -0.461 e. The Labute approximate surface area is 212 Å². The molecule has 1 aliphatic heterocycles. The number of ether oxygens (including phenoxy) is 2. The Morgan fingerprint density at radius 3 is 2.86 bits per heavy atom. The Morgan fingerprint density at radius 2 is 2.08 bits per heavy atom. The van der Waals surface area contributed by atoms with Crippen LogP contribution in [0, 0.1) is 12.7 Å². The van der Waals surface area contributed by atoms with E-state index in [1.54, 1.807) is 37.6 Å². The number of benzene rings is 1. The molecule has 10 nitrogen and oxygen atoms in total. The van der Waals surface area contributed by atoms with Gasteiger partial charge in [0.15, 0.2) is 10.9 Å². The van der Waals surface area contributed by atoms with Gasteiger partial charge in [0.05, 0.1) is 32.0 Å². The van der Waals surface area contributed by atoms with Crippen molar-refractivity contribution in [2.75, 3.05) is 38.7 Å². The van der Waals surface area contributed by atoms with Crippen molar-refractivity contribution in [1.29, 1.82) is 0 Å². The summed E-state index contributed by atoms with van der Waals surface area (Å²) in [6.45, 7) is 5.80. The van der Waals surface area contributed by atoms with E-state index in [2.05, 4.69) is 20.5 Å². The largest absolute Gasteiger partial charge is 0.461 e. The summed E-state index contributed by atoms with van der Waals surface area (Å²) in [6, 6.07) is 7.27. The van der Waals surface area contributed by atoms with Crippen molar-refractivity contribution in [3.63, 3.8) is 0 Å². The number of aryl methyl sites for hydroxylation is 1. The molecule has 12 heteroatoms. The van der Waals surface area contributed by atoms with E-state index >= 15 is 0 Å². The molecule has 1 aromatic carbocycles. The maximum Gasteiger partial charge on any atom is 0.415 e. The number of thiazole rings is 1. The number of anilines is 1. The first kappa shape index (κ1) is 25.6. The second kappa shape index (κ2) is 12.0. The molecule has 3 heterocycles. The lowest BCUT2D eigenvalue weighted by Gasteiger charge is -2.25. The smallest absolute Gasteiger partial charge is 0.415 e. The summed E-state index contributed by atoms with van der Waals surface area (Å²) >= 11 is 1.23. The monoisotopic (exact) mass is 517 g/mol. The van der Waals surface area contributed by atoms with E-state index in [1.807, 2.05) is 0 Å². The number of rotatable bonds is 8. The fourth-order valence-corrected chi connectivity index (χ4v) is 4.27. The lowest BCUT2D eigenvalue weighted by Crippen LogP contribution is -2.35. The summed E-state index contributed by atoms with van der Waals surface area (Å²) < 4.78 is 29.9. The molecular weight excluding hydrogens is 489 g/mol. The van der Waals surface area contributed by atoms with E-state index in [1.165, 1.54) is 28.4 Å². The van der Waals surface area contributed by atoms with Crippen molar-refractivity contribution in [2.45, 2.75) is 26.6 Å². The Kier molecular flexibility index (Phi) is 8.52. The molecule has 0 atom stereocenters. The van der Waals surface area contributed by atoms with Crippen molar-refractivity contribution in [3.8, 4) is 5.75 Å². The van der Waals surface area contributed by atoms with Crippen LogP contribution in [-0.2, 0) is 24.4 Å². The van der Waals surface area contributed by atoms with Crippen LogP contribution in [0.4, 0.5) is 19.1 Å². The molecule has 0 unspecified atom stereocenters. The number of carbonyl (C=O) groups is 2. The molecule has 0 aliphatic carbocycles. The van der Waals surface area contributed by atoms with Gasteiger partial charge in [-0.2, -0.15) is 0 Å². The number of nitrogens with one attached hydrogen (secondary N) is 2. The number of hydrogen-bond acceptors (Lipinski definition) is 8. The number of aromatic nitrogens is 1. The van der Waals surface area contributed by atoms with E-state index in [0.29, 0.717) is 47.7 Å². The molecule has 0 bridgehead atoms. The van der Waals surface area contributed by atoms with Crippen LogP contribution >= 0.6 is 11.3 Å². The molecule has 3 amide bonds. The van der Waals surface area contributed by atoms with Crippen molar-refractivity contribution in [3.05, 3.63) is 64.3 Å². The van der Waals surface area contributed by atoms with Gasteiger partial charge in [-0.05, 0) is 24.6 Å². The molecular formula is C24H28FN5O5S. The summed E-state index contributed by atoms with van der Waals surface area (Å²) in [6.07, 6.45) is -0.549. The lowest BCUT2D eigenvalue weighted by molar-refractivity contribution is 0.0312. The topological polar surface area (TPSA) is 109 Å². The molecule has 4 rings (SSSR count). The van der Waals surface area contributed by atoms with Crippen LogP contribution in [0.2, 0.25) is 0 Å². The van der Waals surface area contributed by atoms with E-state index < -0.39 is 12.1 Å². The molecule has 2 aromatic heterocycles. The van der Waals surface area contributed by atoms with Crippen LogP contribution < -0.4 is 15.4 Å². The molecule has 192 valence electrons. The number of amides is 3. The van der Waals surface area contributed by atoms with E-state index in [0.717, 1.165) is 18.8 Å². The molecule has 0 saturated carbocycles. The molecule has 0 spiro atoms. The predicted molar refractivity (Wildman–Crippen MR) is 131 cm³/mol. The van der Waals surface area contributed by atoms with Crippen molar-refractivity contribution in [1.82, 2.24) is 20.1 Å².